The normalized spacial score (nSPS) is 11.5. The standard InChI is InChI=1S/C13H15F4NO/c1-3-7-18(8-13(15,16)17)12-10(9(2)19)5-4-6-11(12)14/h4-6H,3,7-8H2,1-2H3. The largest absolute Gasteiger partial charge is 0.405 e. The first-order valence-corrected chi connectivity index (χ1v) is 5.87. The van der Waals surface area contributed by atoms with Gasteiger partial charge in [0.25, 0.3) is 0 Å². The first-order valence-electron chi connectivity index (χ1n) is 5.87. The Labute approximate surface area is 109 Å². The molecule has 6 heteroatoms. The summed E-state index contributed by atoms with van der Waals surface area (Å²) in [5.74, 6) is -1.27. The minimum Gasteiger partial charge on any atom is -0.360 e. The van der Waals surface area contributed by atoms with Gasteiger partial charge in [0.1, 0.15) is 12.4 Å². The van der Waals surface area contributed by atoms with Crippen LogP contribution in [0.2, 0.25) is 0 Å². The van der Waals surface area contributed by atoms with Gasteiger partial charge in [0, 0.05) is 12.1 Å². The van der Waals surface area contributed by atoms with E-state index in [0.29, 0.717) is 6.42 Å². The Morgan fingerprint density at radius 2 is 1.95 bits per heavy atom. The molecule has 0 saturated heterocycles. The van der Waals surface area contributed by atoms with E-state index in [1.54, 1.807) is 6.92 Å². The Morgan fingerprint density at radius 1 is 1.32 bits per heavy atom. The molecule has 0 spiro atoms. The highest BCUT2D eigenvalue weighted by Crippen LogP contribution is 2.28. The van der Waals surface area contributed by atoms with Crippen molar-refractivity contribution in [2.24, 2.45) is 0 Å². The number of anilines is 1. The molecule has 2 nitrogen and oxygen atoms in total. The molecule has 0 aliphatic heterocycles. The third-order valence-corrected chi connectivity index (χ3v) is 2.55. The second-order valence-corrected chi connectivity index (χ2v) is 4.23. The van der Waals surface area contributed by atoms with E-state index in [9.17, 15) is 22.4 Å². The lowest BCUT2D eigenvalue weighted by molar-refractivity contribution is -0.119. The number of carbonyl (C=O) groups is 1. The number of carbonyl (C=O) groups excluding carboxylic acids is 1. The zero-order valence-corrected chi connectivity index (χ0v) is 10.7. The van der Waals surface area contributed by atoms with E-state index < -0.39 is 24.3 Å². The molecular weight excluding hydrogens is 262 g/mol. The first-order chi connectivity index (χ1) is 8.76. The van der Waals surface area contributed by atoms with Gasteiger partial charge in [-0.3, -0.25) is 4.79 Å². The summed E-state index contributed by atoms with van der Waals surface area (Å²) < 4.78 is 51.4. The maximum Gasteiger partial charge on any atom is 0.405 e. The second kappa shape index (κ2) is 6.04. The molecule has 1 rings (SSSR count). The monoisotopic (exact) mass is 277 g/mol. The number of para-hydroxylation sites is 1. The molecular formula is C13H15F4NO. The summed E-state index contributed by atoms with van der Waals surface area (Å²) in [6, 6.07) is 3.70. The number of Topliss-reactive ketones (excluding diaryl/α,β-unsaturated/α-hetero) is 1. The van der Waals surface area contributed by atoms with Crippen molar-refractivity contribution in [3.8, 4) is 0 Å². The zero-order chi connectivity index (χ0) is 14.6. The predicted molar refractivity (Wildman–Crippen MR) is 65.0 cm³/mol. The molecule has 19 heavy (non-hydrogen) atoms. The number of ketones is 1. The Morgan fingerprint density at radius 3 is 2.42 bits per heavy atom. The van der Waals surface area contributed by atoms with Crippen LogP contribution in [0, 0.1) is 5.82 Å². The molecule has 1 aromatic carbocycles. The van der Waals surface area contributed by atoms with Gasteiger partial charge < -0.3 is 4.90 Å². The van der Waals surface area contributed by atoms with E-state index in [0.717, 1.165) is 11.0 Å². The lowest BCUT2D eigenvalue weighted by atomic mass is 10.1. The average Bonchev–Trinajstić information content (AvgIpc) is 2.26. The molecule has 0 fully saturated rings. The summed E-state index contributed by atoms with van der Waals surface area (Å²) in [6.45, 7) is 1.65. The van der Waals surface area contributed by atoms with E-state index >= 15 is 0 Å². The quantitative estimate of drug-likeness (QED) is 0.602. The molecule has 106 valence electrons. The van der Waals surface area contributed by atoms with E-state index in [1.807, 2.05) is 0 Å². The molecule has 1 aromatic rings. The first kappa shape index (κ1) is 15.5. The number of rotatable bonds is 5. The Bertz CT molecular complexity index is 456. The van der Waals surface area contributed by atoms with E-state index in [2.05, 4.69) is 0 Å². The van der Waals surface area contributed by atoms with Crippen molar-refractivity contribution in [3.63, 3.8) is 0 Å². The highest BCUT2D eigenvalue weighted by molar-refractivity contribution is 5.99. The number of hydrogen-bond acceptors (Lipinski definition) is 2. The Balaban J connectivity index is 3.25. The van der Waals surface area contributed by atoms with Crippen LogP contribution < -0.4 is 4.90 Å². The van der Waals surface area contributed by atoms with Crippen molar-refractivity contribution in [2.75, 3.05) is 18.0 Å². The Kier molecular flexibility index (Phi) is 4.91. The summed E-state index contributed by atoms with van der Waals surface area (Å²) in [6.07, 6.45) is -4.03. The van der Waals surface area contributed by atoms with Gasteiger partial charge in [0.05, 0.1) is 5.69 Å². The van der Waals surface area contributed by atoms with Crippen molar-refractivity contribution in [1.29, 1.82) is 0 Å². The molecule has 0 aliphatic rings. The fourth-order valence-corrected chi connectivity index (χ4v) is 1.88. The molecule has 0 radical (unpaired) electrons. The lowest BCUT2D eigenvalue weighted by Gasteiger charge is -2.27. The van der Waals surface area contributed by atoms with E-state index in [4.69, 9.17) is 0 Å². The van der Waals surface area contributed by atoms with Gasteiger partial charge in [0.2, 0.25) is 0 Å². The third kappa shape index (κ3) is 4.22. The van der Waals surface area contributed by atoms with Crippen molar-refractivity contribution in [2.45, 2.75) is 26.4 Å². The van der Waals surface area contributed by atoms with E-state index in [1.165, 1.54) is 19.1 Å². The molecule has 0 amide bonds. The van der Waals surface area contributed by atoms with Gasteiger partial charge in [-0.2, -0.15) is 13.2 Å². The average molecular weight is 277 g/mol. The summed E-state index contributed by atoms with van der Waals surface area (Å²) in [5.41, 5.74) is -0.299. The fraction of sp³-hybridized carbons (Fsp3) is 0.462. The summed E-state index contributed by atoms with van der Waals surface area (Å²) in [5, 5.41) is 0. The van der Waals surface area contributed by atoms with E-state index in [-0.39, 0.29) is 17.8 Å². The molecule has 0 unspecified atom stereocenters. The van der Waals surface area contributed by atoms with Crippen molar-refractivity contribution in [1.82, 2.24) is 0 Å². The van der Waals surface area contributed by atoms with Crippen LogP contribution >= 0.6 is 0 Å². The molecule has 0 atom stereocenters. The van der Waals surface area contributed by atoms with Gasteiger partial charge in [-0.1, -0.05) is 13.0 Å². The van der Waals surface area contributed by atoms with Crippen LogP contribution in [0.3, 0.4) is 0 Å². The van der Waals surface area contributed by atoms with Gasteiger partial charge in [-0.15, -0.1) is 0 Å². The van der Waals surface area contributed by atoms with Gasteiger partial charge in [-0.25, -0.2) is 4.39 Å². The molecule has 0 saturated carbocycles. The second-order valence-electron chi connectivity index (χ2n) is 4.23. The van der Waals surface area contributed by atoms with Crippen LogP contribution in [0.1, 0.15) is 30.6 Å². The van der Waals surface area contributed by atoms with Crippen molar-refractivity contribution >= 4 is 11.5 Å². The van der Waals surface area contributed by atoms with Gasteiger partial charge >= 0.3 is 6.18 Å². The van der Waals surface area contributed by atoms with Gasteiger partial charge in [0.15, 0.2) is 5.78 Å². The maximum absolute atomic E-state index is 13.8. The summed E-state index contributed by atoms with van der Waals surface area (Å²) in [4.78, 5) is 12.3. The highest BCUT2D eigenvalue weighted by atomic mass is 19.4. The molecule has 0 aromatic heterocycles. The number of nitrogens with zero attached hydrogens (tertiary/aromatic N) is 1. The number of halogens is 4. The third-order valence-electron chi connectivity index (χ3n) is 2.55. The molecule has 0 aliphatic carbocycles. The smallest absolute Gasteiger partial charge is 0.360 e. The van der Waals surface area contributed by atoms with Crippen LogP contribution in [-0.2, 0) is 0 Å². The minimum absolute atomic E-state index is 0.0285. The topological polar surface area (TPSA) is 20.3 Å². The zero-order valence-electron chi connectivity index (χ0n) is 10.7. The molecule has 0 bridgehead atoms. The predicted octanol–water partition coefficient (Wildman–Crippen LogP) is 3.81. The van der Waals surface area contributed by atoms with Crippen LogP contribution in [0.4, 0.5) is 23.2 Å². The van der Waals surface area contributed by atoms with Crippen LogP contribution in [0.25, 0.3) is 0 Å². The van der Waals surface area contributed by atoms with Gasteiger partial charge in [-0.05, 0) is 25.5 Å². The van der Waals surface area contributed by atoms with Crippen LogP contribution in [0.15, 0.2) is 18.2 Å². The molecule has 0 heterocycles. The van der Waals surface area contributed by atoms with Crippen LogP contribution in [-0.4, -0.2) is 25.0 Å². The SMILES string of the molecule is CCCN(CC(F)(F)F)c1c(F)cccc1C(C)=O. The maximum atomic E-state index is 13.8. The Hall–Kier alpha value is -1.59. The highest BCUT2D eigenvalue weighted by Gasteiger charge is 2.32. The van der Waals surface area contributed by atoms with Crippen molar-refractivity contribution in [3.05, 3.63) is 29.6 Å². The number of benzene rings is 1. The number of alkyl halides is 3. The fourth-order valence-electron chi connectivity index (χ4n) is 1.88. The number of hydrogen-bond donors (Lipinski definition) is 0. The summed E-state index contributed by atoms with van der Waals surface area (Å²) in [7, 11) is 0. The minimum atomic E-state index is -4.45. The lowest BCUT2D eigenvalue weighted by Crippen LogP contribution is -2.36. The van der Waals surface area contributed by atoms with Crippen molar-refractivity contribution < 1.29 is 22.4 Å². The summed E-state index contributed by atoms with van der Waals surface area (Å²) >= 11 is 0. The van der Waals surface area contributed by atoms with Crippen LogP contribution in [0.5, 0.6) is 0 Å². The molecule has 0 N–H and O–H groups in total.